The number of aryl methyl sites for hydroxylation is 3. The maximum Gasteiger partial charge on any atom is 0.293 e. The largest absolute Gasteiger partial charge is 0.484 e. The topological polar surface area (TPSA) is 75.7 Å². The van der Waals surface area contributed by atoms with Crippen molar-refractivity contribution in [1.29, 1.82) is 0 Å². The normalized spacial score (nSPS) is 14.5. The number of anilines is 1. The van der Waals surface area contributed by atoms with Gasteiger partial charge in [-0.1, -0.05) is 48.0 Å². The highest BCUT2D eigenvalue weighted by molar-refractivity contribution is 8.18. The van der Waals surface area contributed by atoms with Crippen molar-refractivity contribution in [2.45, 2.75) is 27.3 Å². The number of nitrogens with one attached hydrogen (secondary N) is 1. The lowest BCUT2D eigenvalue weighted by atomic mass is 10.1. The lowest BCUT2D eigenvalue weighted by molar-refractivity contribution is -0.123. The molecule has 1 fully saturated rings. The van der Waals surface area contributed by atoms with Gasteiger partial charge in [0, 0.05) is 5.69 Å². The molecule has 0 bridgehead atoms. The molecule has 6 nitrogen and oxygen atoms in total. The number of hydrogen-bond acceptors (Lipinski definition) is 5. The quantitative estimate of drug-likeness (QED) is 0.423. The number of imide groups is 1. The Morgan fingerprint density at radius 2 is 1.74 bits per heavy atom. The van der Waals surface area contributed by atoms with E-state index in [0.29, 0.717) is 16.2 Å². The third kappa shape index (κ3) is 6.19. The van der Waals surface area contributed by atoms with Crippen LogP contribution in [0.2, 0.25) is 0 Å². The molecular formula is C28H26N2O4S. The van der Waals surface area contributed by atoms with Crippen molar-refractivity contribution in [1.82, 2.24) is 4.90 Å². The molecule has 1 aliphatic heterocycles. The molecule has 7 heteroatoms. The van der Waals surface area contributed by atoms with Crippen LogP contribution in [0.1, 0.15) is 27.8 Å². The number of rotatable bonds is 7. The number of hydrogen-bond donors (Lipinski definition) is 1. The van der Waals surface area contributed by atoms with Crippen LogP contribution in [0.15, 0.2) is 71.6 Å². The molecule has 0 spiro atoms. The lowest BCUT2D eigenvalue weighted by Crippen LogP contribution is -2.27. The van der Waals surface area contributed by atoms with Crippen molar-refractivity contribution in [3.63, 3.8) is 0 Å². The molecule has 0 radical (unpaired) electrons. The van der Waals surface area contributed by atoms with Gasteiger partial charge in [0.2, 0.25) is 0 Å². The van der Waals surface area contributed by atoms with Crippen LogP contribution in [-0.2, 0) is 16.1 Å². The van der Waals surface area contributed by atoms with Gasteiger partial charge in [-0.25, -0.2) is 0 Å². The first kappa shape index (κ1) is 24.3. The summed E-state index contributed by atoms with van der Waals surface area (Å²) in [4.78, 5) is 39.2. The van der Waals surface area contributed by atoms with Gasteiger partial charge in [0.1, 0.15) is 5.75 Å². The van der Waals surface area contributed by atoms with Crippen molar-refractivity contribution >= 4 is 40.6 Å². The molecule has 3 amide bonds. The number of benzene rings is 3. The number of ether oxygens (including phenoxy) is 1. The summed E-state index contributed by atoms with van der Waals surface area (Å²) in [7, 11) is 0. The molecule has 1 N–H and O–H groups in total. The maximum absolute atomic E-state index is 12.8. The second-order valence-corrected chi connectivity index (χ2v) is 9.46. The van der Waals surface area contributed by atoms with E-state index in [1.807, 2.05) is 69.3 Å². The number of thioether (sulfide) groups is 1. The van der Waals surface area contributed by atoms with E-state index in [-0.39, 0.29) is 30.2 Å². The van der Waals surface area contributed by atoms with E-state index >= 15 is 0 Å². The van der Waals surface area contributed by atoms with Crippen molar-refractivity contribution in [3.05, 3.63) is 99.5 Å². The monoisotopic (exact) mass is 486 g/mol. The molecule has 0 aliphatic carbocycles. The zero-order valence-electron chi connectivity index (χ0n) is 19.8. The average molecular weight is 487 g/mol. The van der Waals surface area contributed by atoms with Gasteiger partial charge in [-0.3, -0.25) is 19.3 Å². The molecule has 3 aromatic carbocycles. The lowest BCUT2D eigenvalue weighted by Gasteiger charge is -2.12. The van der Waals surface area contributed by atoms with E-state index in [0.717, 1.165) is 39.7 Å². The molecule has 4 rings (SSSR count). The number of amides is 3. The Labute approximate surface area is 209 Å². The fourth-order valence-corrected chi connectivity index (χ4v) is 4.36. The minimum atomic E-state index is -0.320. The summed E-state index contributed by atoms with van der Waals surface area (Å²) < 4.78 is 5.65. The van der Waals surface area contributed by atoms with Crippen molar-refractivity contribution in [2.75, 3.05) is 11.9 Å². The summed E-state index contributed by atoms with van der Waals surface area (Å²) in [5.74, 6) is -0.0941. The molecule has 3 aromatic rings. The number of carbonyl (C=O) groups is 3. The summed E-state index contributed by atoms with van der Waals surface area (Å²) in [6.07, 6.45) is 1.67. The molecule has 1 saturated heterocycles. The van der Waals surface area contributed by atoms with Crippen LogP contribution in [0.25, 0.3) is 6.08 Å². The van der Waals surface area contributed by atoms with E-state index in [4.69, 9.17) is 4.74 Å². The van der Waals surface area contributed by atoms with Crippen molar-refractivity contribution in [2.24, 2.45) is 0 Å². The Balaban J connectivity index is 1.38. The average Bonchev–Trinajstić information content (AvgIpc) is 3.09. The smallest absolute Gasteiger partial charge is 0.293 e. The Hall–Kier alpha value is -3.84. The van der Waals surface area contributed by atoms with Gasteiger partial charge in [-0.2, -0.15) is 0 Å². The summed E-state index contributed by atoms with van der Waals surface area (Å²) in [6, 6.07) is 20.5. The maximum atomic E-state index is 12.8. The van der Waals surface area contributed by atoms with Gasteiger partial charge < -0.3 is 10.1 Å². The van der Waals surface area contributed by atoms with Gasteiger partial charge in [0.15, 0.2) is 6.61 Å². The van der Waals surface area contributed by atoms with Crippen LogP contribution in [0.4, 0.5) is 10.5 Å². The Kier molecular flexibility index (Phi) is 7.36. The van der Waals surface area contributed by atoms with Crippen LogP contribution in [0, 0.1) is 20.8 Å². The highest BCUT2D eigenvalue weighted by atomic mass is 32.2. The molecule has 1 heterocycles. The van der Waals surface area contributed by atoms with Crippen molar-refractivity contribution < 1.29 is 19.1 Å². The zero-order chi connectivity index (χ0) is 24.9. The molecule has 35 heavy (non-hydrogen) atoms. The molecule has 1 aliphatic rings. The summed E-state index contributed by atoms with van der Waals surface area (Å²) in [5, 5.41) is 2.53. The third-order valence-electron chi connectivity index (χ3n) is 5.65. The van der Waals surface area contributed by atoms with Crippen molar-refractivity contribution in [3.8, 4) is 5.75 Å². The summed E-state index contributed by atoms with van der Waals surface area (Å²) >= 11 is 0.920. The van der Waals surface area contributed by atoms with Gasteiger partial charge in [-0.05, 0) is 85.1 Å². The highest BCUT2D eigenvalue weighted by Gasteiger charge is 2.34. The first-order valence-corrected chi connectivity index (χ1v) is 12.0. The Morgan fingerprint density at radius 3 is 2.49 bits per heavy atom. The second-order valence-electron chi connectivity index (χ2n) is 8.46. The van der Waals surface area contributed by atoms with E-state index < -0.39 is 0 Å². The standard InChI is InChI=1S/C28H26N2O4S/c1-18-7-10-21(11-8-18)16-30-27(32)25(35-28(30)33)15-22-5-4-6-24(14-22)34-17-26(31)29-23-12-9-19(2)20(3)13-23/h4-15H,16-17H2,1-3H3,(H,29,31)/b25-15-. The first-order chi connectivity index (χ1) is 16.8. The number of nitrogens with zero attached hydrogens (tertiary/aromatic N) is 1. The van der Waals surface area contributed by atoms with Crippen LogP contribution in [0.3, 0.4) is 0 Å². The Bertz CT molecular complexity index is 1310. The summed E-state index contributed by atoms with van der Waals surface area (Å²) in [6.45, 7) is 6.08. The van der Waals surface area contributed by atoms with E-state index in [2.05, 4.69) is 5.32 Å². The van der Waals surface area contributed by atoms with E-state index in [9.17, 15) is 14.4 Å². The minimum Gasteiger partial charge on any atom is -0.484 e. The second kappa shape index (κ2) is 10.6. The first-order valence-electron chi connectivity index (χ1n) is 11.2. The van der Waals surface area contributed by atoms with Crippen LogP contribution >= 0.6 is 11.8 Å². The molecule has 0 saturated carbocycles. The molecule has 0 atom stereocenters. The van der Waals surface area contributed by atoms with Crippen LogP contribution in [-0.4, -0.2) is 28.6 Å². The summed E-state index contributed by atoms with van der Waals surface area (Å²) in [5.41, 5.74) is 5.69. The predicted molar refractivity (Wildman–Crippen MR) is 139 cm³/mol. The Morgan fingerprint density at radius 1 is 0.971 bits per heavy atom. The fourth-order valence-electron chi connectivity index (χ4n) is 3.52. The van der Waals surface area contributed by atoms with Gasteiger partial charge in [0.05, 0.1) is 11.4 Å². The zero-order valence-corrected chi connectivity index (χ0v) is 20.6. The van der Waals surface area contributed by atoms with Gasteiger partial charge in [0.25, 0.3) is 17.1 Å². The fraction of sp³-hybridized carbons (Fsp3) is 0.179. The van der Waals surface area contributed by atoms with Crippen LogP contribution in [0.5, 0.6) is 5.75 Å². The highest BCUT2D eigenvalue weighted by Crippen LogP contribution is 2.33. The molecule has 178 valence electrons. The van der Waals surface area contributed by atoms with E-state index in [1.165, 1.54) is 4.90 Å². The van der Waals surface area contributed by atoms with E-state index in [1.54, 1.807) is 24.3 Å². The third-order valence-corrected chi connectivity index (χ3v) is 6.56. The molecular weight excluding hydrogens is 460 g/mol. The minimum absolute atomic E-state index is 0.149. The molecule has 0 unspecified atom stereocenters. The number of carbonyl (C=O) groups excluding carboxylic acids is 3. The van der Waals surface area contributed by atoms with Gasteiger partial charge in [-0.15, -0.1) is 0 Å². The molecule has 0 aromatic heterocycles. The van der Waals surface area contributed by atoms with Gasteiger partial charge >= 0.3 is 0 Å². The van der Waals surface area contributed by atoms with Crippen LogP contribution < -0.4 is 10.1 Å². The predicted octanol–water partition coefficient (Wildman–Crippen LogP) is 5.87. The SMILES string of the molecule is Cc1ccc(CN2C(=O)S/C(=C\c3cccc(OCC(=O)Nc4ccc(C)c(C)c4)c3)C2=O)cc1.